The highest BCUT2D eigenvalue weighted by Gasteiger charge is 2.09. The molecule has 19 heavy (non-hydrogen) atoms. The zero-order valence-electron chi connectivity index (χ0n) is 11.6. The largest absolute Gasteiger partial charge is 0.508 e. The van der Waals surface area contributed by atoms with Crippen molar-refractivity contribution in [2.75, 3.05) is 7.18 Å². The van der Waals surface area contributed by atoms with Crippen molar-refractivity contribution in [2.45, 2.75) is 27.2 Å². The maximum atomic E-state index is 13.5. The minimum absolute atomic E-state index is 0.0318. The van der Waals surface area contributed by atoms with Gasteiger partial charge in [-0.05, 0) is 35.6 Å². The van der Waals surface area contributed by atoms with Crippen LogP contribution in [0.4, 0.5) is 13.2 Å². The topological polar surface area (TPSA) is 20.2 Å². The average molecular weight is 272 g/mol. The van der Waals surface area contributed by atoms with Gasteiger partial charge < -0.3 is 5.11 Å². The summed E-state index contributed by atoms with van der Waals surface area (Å²) in [6.07, 6.45) is 0.591. The third-order valence-electron chi connectivity index (χ3n) is 2.41. The zero-order valence-corrected chi connectivity index (χ0v) is 11.6. The van der Waals surface area contributed by atoms with Crippen LogP contribution < -0.4 is 0 Å². The Labute approximate surface area is 111 Å². The van der Waals surface area contributed by atoms with Gasteiger partial charge in [0.05, 0.1) is 7.18 Å². The molecule has 0 radical (unpaired) electrons. The van der Waals surface area contributed by atoms with E-state index in [1.165, 1.54) is 18.2 Å². The normalized spacial score (nSPS) is 9.21. The second-order valence-corrected chi connectivity index (χ2v) is 3.44. The van der Waals surface area contributed by atoms with E-state index in [9.17, 15) is 18.3 Å². The summed E-state index contributed by atoms with van der Waals surface area (Å²) in [7, 11) is 0.500. The van der Waals surface area contributed by atoms with E-state index in [2.05, 4.69) is 0 Å². The molecule has 0 bridgehead atoms. The molecular formula is C15H19F3O. The Kier molecular flexibility index (Phi) is 7.65. The van der Waals surface area contributed by atoms with E-state index in [-0.39, 0.29) is 5.75 Å². The molecule has 0 fully saturated rings. The van der Waals surface area contributed by atoms with Crippen LogP contribution in [0, 0.1) is 11.6 Å². The van der Waals surface area contributed by atoms with Crippen molar-refractivity contribution in [2.24, 2.45) is 0 Å². The summed E-state index contributed by atoms with van der Waals surface area (Å²) in [5.41, 5.74) is 0.683. The molecule has 0 aliphatic carbocycles. The van der Waals surface area contributed by atoms with E-state index in [1.54, 1.807) is 0 Å². The lowest BCUT2D eigenvalue weighted by Gasteiger charge is -2.07. The van der Waals surface area contributed by atoms with Crippen molar-refractivity contribution in [3.05, 3.63) is 41.5 Å². The van der Waals surface area contributed by atoms with Crippen LogP contribution in [-0.4, -0.2) is 12.3 Å². The lowest BCUT2D eigenvalue weighted by Crippen LogP contribution is -1.90. The Morgan fingerprint density at radius 1 is 1.00 bits per heavy atom. The van der Waals surface area contributed by atoms with Crippen LogP contribution in [0.15, 0.2) is 24.3 Å². The molecule has 0 saturated heterocycles. The zero-order chi connectivity index (χ0) is 15.0. The maximum absolute atomic E-state index is 13.5. The molecule has 2 rings (SSSR count). The molecule has 4 heteroatoms. The summed E-state index contributed by atoms with van der Waals surface area (Å²) < 4.78 is 35.9. The Bertz CT molecular complexity index is 519. The summed E-state index contributed by atoms with van der Waals surface area (Å²) in [5.74, 6) is -1.18. The molecule has 1 N–H and O–H groups in total. The first-order valence-electron chi connectivity index (χ1n) is 6.10. The summed E-state index contributed by atoms with van der Waals surface area (Å²) in [5, 5.41) is 10.2. The van der Waals surface area contributed by atoms with Gasteiger partial charge in [0.25, 0.3) is 0 Å². The summed E-state index contributed by atoms with van der Waals surface area (Å²) in [6, 6.07) is 4.94. The van der Waals surface area contributed by atoms with Crippen molar-refractivity contribution in [3.63, 3.8) is 0 Å². The van der Waals surface area contributed by atoms with Crippen LogP contribution in [0.2, 0.25) is 0 Å². The summed E-state index contributed by atoms with van der Waals surface area (Å²) in [6.45, 7) is 5.86. The molecule has 0 aromatic heterocycles. The number of hydrogen-bond donors (Lipinski definition) is 1. The van der Waals surface area contributed by atoms with Crippen molar-refractivity contribution in [1.82, 2.24) is 0 Å². The van der Waals surface area contributed by atoms with Gasteiger partial charge in [-0.15, -0.1) is 0 Å². The lowest BCUT2D eigenvalue weighted by molar-refractivity contribution is 0.475. The SMILES string of the molecule is CC.CCc1cc(O)cc2cc(F)cc(F)c12.CF. The fourth-order valence-corrected chi connectivity index (χ4v) is 1.78. The molecule has 0 aliphatic rings. The summed E-state index contributed by atoms with van der Waals surface area (Å²) in [4.78, 5) is 0. The van der Waals surface area contributed by atoms with Crippen LogP contribution in [0.25, 0.3) is 10.8 Å². The van der Waals surface area contributed by atoms with Gasteiger partial charge >= 0.3 is 0 Å². The quantitative estimate of drug-likeness (QED) is 0.774. The standard InChI is InChI=1S/C12H10F2O.C2H6.CH3F/c1-2-7-4-10(15)5-8-3-9(13)6-11(14)12(7)8;2*1-2/h3-6,15H,2H2,1H3;1-2H3;1H3. The molecule has 0 amide bonds. The number of phenolic OH excluding ortho intramolecular Hbond substituents is 1. The molecule has 0 spiro atoms. The Hall–Kier alpha value is -1.71. The molecule has 0 aliphatic heterocycles. The second kappa shape index (κ2) is 8.40. The van der Waals surface area contributed by atoms with E-state index in [1.807, 2.05) is 20.8 Å². The molecule has 2 aromatic carbocycles. The Morgan fingerprint density at radius 3 is 2.11 bits per heavy atom. The molecule has 0 saturated carbocycles. The van der Waals surface area contributed by atoms with Gasteiger partial charge in [0.1, 0.15) is 17.4 Å². The molecule has 106 valence electrons. The Balaban J connectivity index is 0.000000741. The van der Waals surface area contributed by atoms with Gasteiger partial charge in [-0.2, -0.15) is 0 Å². The van der Waals surface area contributed by atoms with Crippen molar-refractivity contribution >= 4 is 10.8 Å². The van der Waals surface area contributed by atoms with E-state index in [0.717, 1.165) is 6.07 Å². The lowest BCUT2D eigenvalue weighted by atomic mass is 10.0. The average Bonchev–Trinajstić information content (AvgIpc) is 2.41. The Morgan fingerprint density at radius 2 is 1.58 bits per heavy atom. The molecule has 0 unspecified atom stereocenters. The van der Waals surface area contributed by atoms with E-state index < -0.39 is 11.6 Å². The first kappa shape index (κ1) is 17.3. The third-order valence-corrected chi connectivity index (χ3v) is 2.41. The molecular weight excluding hydrogens is 253 g/mol. The van der Waals surface area contributed by atoms with Crippen LogP contribution >= 0.6 is 0 Å². The van der Waals surface area contributed by atoms with Gasteiger partial charge in [0.2, 0.25) is 0 Å². The van der Waals surface area contributed by atoms with E-state index in [0.29, 0.717) is 29.9 Å². The van der Waals surface area contributed by atoms with Crippen LogP contribution in [-0.2, 0) is 6.42 Å². The molecule has 1 nitrogen and oxygen atoms in total. The van der Waals surface area contributed by atoms with Gasteiger partial charge in [0, 0.05) is 11.5 Å². The van der Waals surface area contributed by atoms with Crippen LogP contribution in [0.3, 0.4) is 0 Å². The van der Waals surface area contributed by atoms with Crippen LogP contribution in [0.1, 0.15) is 26.3 Å². The number of aryl methyl sites for hydroxylation is 1. The first-order valence-corrected chi connectivity index (χ1v) is 6.10. The highest BCUT2D eigenvalue weighted by atomic mass is 19.1. The highest BCUT2D eigenvalue weighted by Crippen LogP contribution is 2.28. The van der Waals surface area contributed by atoms with Gasteiger partial charge in [-0.1, -0.05) is 20.8 Å². The van der Waals surface area contributed by atoms with Gasteiger partial charge in [0.15, 0.2) is 0 Å². The maximum Gasteiger partial charge on any atom is 0.134 e. The number of alkyl halides is 1. The first-order chi connectivity index (χ1) is 9.11. The number of halogens is 3. The fraction of sp³-hybridized carbons (Fsp3) is 0.333. The molecule has 0 atom stereocenters. The van der Waals surface area contributed by atoms with Crippen molar-refractivity contribution < 1.29 is 18.3 Å². The van der Waals surface area contributed by atoms with E-state index >= 15 is 0 Å². The number of rotatable bonds is 1. The van der Waals surface area contributed by atoms with Crippen molar-refractivity contribution in [1.29, 1.82) is 0 Å². The minimum atomic E-state index is -0.632. The van der Waals surface area contributed by atoms with E-state index in [4.69, 9.17) is 0 Å². The summed E-state index contributed by atoms with van der Waals surface area (Å²) >= 11 is 0. The second-order valence-electron chi connectivity index (χ2n) is 3.44. The number of aromatic hydroxyl groups is 1. The number of fused-ring (bicyclic) bond motifs is 1. The fourth-order valence-electron chi connectivity index (χ4n) is 1.78. The monoisotopic (exact) mass is 272 g/mol. The van der Waals surface area contributed by atoms with Gasteiger partial charge in [-0.3, -0.25) is 4.39 Å². The predicted molar refractivity (Wildman–Crippen MR) is 73.3 cm³/mol. The smallest absolute Gasteiger partial charge is 0.134 e. The highest BCUT2D eigenvalue weighted by molar-refractivity contribution is 5.87. The molecule has 0 heterocycles. The van der Waals surface area contributed by atoms with Crippen molar-refractivity contribution in [3.8, 4) is 5.75 Å². The minimum Gasteiger partial charge on any atom is -0.508 e. The number of hydrogen-bond acceptors (Lipinski definition) is 1. The number of phenols is 1. The third kappa shape index (κ3) is 4.16. The van der Waals surface area contributed by atoms with Gasteiger partial charge in [-0.25, -0.2) is 8.78 Å². The number of benzene rings is 2. The van der Waals surface area contributed by atoms with Crippen LogP contribution in [0.5, 0.6) is 5.75 Å². The molecule has 2 aromatic rings. The predicted octanol–water partition coefficient (Wildman–Crippen LogP) is 5.00.